The molecule has 7 rings (SSSR count). The molecule has 4 nitrogen and oxygen atoms in total. The molecule has 7 aromatic rings. The van der Waals surface area contributed by atoms with Crippen LogP contribution in [0.4, 0.5) is 0 Å². The van der Waals surface area contributed by atoms with E-state index in [1.807, 2.05) is 78.9 Å². The number of rotatable bonds is 5. The molecule has 0 amide bonds. The van der Waals surface area contributed by atoms with Gasteiger partial charge in [-0.25, -0.2) is 0 Å². The maximum atomic E-state index is 10.9. The van der Waals surface area contributed by atoms with E-state index in [1.165, 1.54) is 5.56 Å². The molecule has 210 valence electrons. The van der Waals surface area contributed by atoms with Crippen LogP contribution in [0, 0.1) is 40.9 Å². The SMILES string of the molecule is Cc1ccccc1-c1ccccc1Cc1cc(C#N)c(-n2c3ccccc3c3ccccc32)c(-c2cccc(C#N)c2)c1C#N. The second-order valence-electron chi connectivity index (χ2n) is 11.1. The van der Waals surface area contributed by atoms with Gasteiger partial charge in [-0.2, -0.15) is 15.8 Å². The number of nitriles is 3. The Kier molecular flexibility index (Phi) is 6.92. The van der Waals surface area contributed by atoms with Crippen molar-refractivity contribution in [1.82, 2.24) is 4.57 Å². The van der Waals surface area contributed by atoms with Crippen LogP contribution in [0.2, 0.25) is 0 Å². The summed E-state index contributed by atoms with van der Waals surface area (Å²) in [6.45, 7) is 2.10. The standard InChI is InChI=1S/C41H26N4/c1-27-11-2-4-15-33(27)34-16-5-3-13-29(34)22-31-23-32(25-43)41(40(37(31)26-44)30-14-10-12-28(21-30)24-42)45-38-19-8-6-17-35(38)36-18-7-9-20-39(36)45/h2-21,23H,22H2,1H3. The molecule has 45 heavy (non-hydrogen) atoms. The summed E-state index contributed by atoms with van der Waals surface area (Å²) < 4.78 is 2.10. The maximum Gasteiger partial charge on any atom is 0.101 e. The molecule has 0 radical (unpaired) electrons. The highest BCUT2D eigenvalue weighted by molar-refractivity contribution is 6.10. The number of nitrogens with zero attached hydrogens (tertiary/aromatic N) is 4. The third kappa shape index (κ3) is 4.61. The lowest BCUT2D eigenvalue weighted by Gasteiger charge is -2.21. The topological polar surface area (TPSA) is 76.3 Å². The van der Waals surface area contributed by atoms with Crippen LogP contribution in [0.3, 0.4) is 0 Å². The van der Waals surface area contributed by atoms with Gasteiger partial charge in [-0.1, -0.05) is 97.1 Å². The van der Waals surface area contributed by atoms with E-state index in [0.29, 0.717) is 39.9 Å². The van der Waals surface area contributed by atoms with E-state index in [1.54, 1.807) is 12.1 Å². The minimum absolute atomic E-state index is 0.459. The van der Waals surface area contributed by atoms with Gasteiger partial charge >= 0.3 is 0 Å². The monoisotopic (exact) mass is 574 g/mol. The number of hydrogen-bond donors (Lipinski definition) is 0. The molecule has 0 saturated heterocycles. The lowest BCUT2D eigenvalue weighted by Crippen LogP contribution is -2.07. The number of aromatic nitrogens is 1. The highest BCUT2D eigenvalue weighted by atomic mass is 15.0. The van der Waals surface area contributed by atoms with Crippen molar-refractivity contribution in [1.29, 1.82) is 15.8 Å². The van der Waals surface area contributed by atoms with Crippen LogP contribution in [0.5, 0.6) is 0 Å². The molecule has 0 saturated carbocycles. The first-order valence-electron chi connectivity index (χ1n) is 14.8. The third-order valence-corrected chi connectivity index (χ3v) is 8.53. The Morgan fingerprint density at radius 3 is 1.89 bits per heavy atom. The predicted molar refractivity (Wildman–Crippen MR) is 180 cm³/mol. The van der Waals surface area contributed by atoms with Crippen molar-refractivity contribution in [2.24, 2.45) is 0 Å². The molecule has 1 heterocycles. The van der Waals surface area contributed by atoms with E-state index in [2.05, 4.69) is 66.1 Å². The molecule has 0 atom stereocenters. The van der Waals surface area contributed by atoms with E-state index >= 15 is 0 Å². The highest BCUT2D eigenvalue weighted by Gasteiger charge is 2.25. The Bertz CT molecular complexity index is 2350. The van der Waals surface area contributed by atoms with Crippen molar-refractivity contribution in [3.63, 3.8) is 0 Å². The van der Waals surface area contributed by atoms with Gasteiger partial charge in [0.25, 0.3) is 0 Å². The summed E-state index contributed by atoms with van der Waals surface area (Å²) in [5.41, 5.74) is 10.5. The zero-order chi connectivity index (χ0) is 30.9. The third-order valence-electron chi connectivity index (χ3n) is 8.53. The van der Waals surface area contributed by atoms with Crippen molar-refractivity contribution in [2.45, 2.75) is 13.3 Å². The lowest BCUT2D eigenvalue weighted by molar-refractivity contribution is 1.13. The first-order valence-corrected chi connectivity index (χ1v) is 14.8. The van der Waals surface area contributed by atoms with Crippen LogP contribution in [-0.2, 0) is 6.42 Å². The highest BCUT2D eigenvalue weighted by Crippen LogP contribution is 2.41. The Morgan fingerprint density at radius 1 is 0.578 bits per heavy atom. The van der Waals surface area contributed by atoms with E-state index in [0.717, 1.165) is 44.1 Å². The number of fused-ring (bicyclic) bond motifs is 3. The molecule has 0 aliphatic heterocycles. The Morgan fingerprint density at radius 2 is 1.22 bits per heavy atom. The molecule has 4 heteroatoms. The zero-order valence-electron chi connectivity index (χ0n) is 24.6. The first kappa shape index (κ1) is 27.4. The number of benzene rings is 6. The smallest absolute Gasteiger partial charge is 0.101 e. The largest absolute Gasteiger partial charge is 0.307 e. The van der Waals surface area contributed by atoms with Gasteiger partial charge in [0.1, 0.15) is 12.1 Å². The molecular formula is C41H26N4. The van der Waals surface area contributed by atoms with Crippen molar-refractivity contribution in [3.05, 3.63) is 161 Å². The summed E-state index contributed by atoms with van der Waals surface area (Å²) in [6.07, 6.45) is 0.459. The minimum atomic E-state index is 0.459. The van der Waals surface area contributed by atoms with Gasteiger partial charge < -0.3 is 4.57 Å². The van der Waals surface area contributed by atoms with E-state index in [4.69, 9.17) is 0 Å². The van der Waals surface area contributed by atoms with Crippen LogP contribution in [-0.4, -0.2) is 4.57 Å². The summed E-state index contributed by atoms with van der Waals surface area (Å²) >= 11 is 0. The maximum absolute atomic E-state index is 10.9. The van der Waals surface area contributed by atoms with Crippen molar-refractivity contribution >= 4 is 21.8 Å². The van der Waals surface area contributed by atoms with Crippen LogP contribution < -0.4 is 0 Å². The molecule has 0 bridgehead atoms. The normalized spacial score (nSPS) is 10.8. The van der Waals surface area contributed by atoms with E-state index < -0.39 is 0 Å². The van der Waals surface area contributed by atoms with Gasteiger partial charge in [0.15, 0.2) is 0 Å². The Balaban J connectivity index is 1.57. The number of aryl methyl sites for hydroxylation is 1. The van der Waals surface area contributed by atoms with Crippen molar-refractivity contribution in [3.8, 4) is 46.1 Å². The van der Waals surface area contributed by atoms with Crippen molar-refractivity contribution in [2.75, 3.05) is 0 Å². The summed E-state index contributed by atoms with van der Waals surface area (Å²) in [5, 5.41) is 33.6. The molecule has 6 aromatic carbocycles. The average molecular weight is 575 g/mol. The Hall–Kier alpha value is -6.41. The quantitative estimate of drug-likeness (QED) is 0.205. The number of para-hydroxylation sites is 2. The van der Waals surface area contributed by atoms with Crippen LogP contribution in [0.1, 0.15) is 33.4 Å². The molecule has 0 aliphatic carbocycles. The summed E-state index contributed by atoms with van der Waals surface area (Å²) in [7, 11) is 0. The van der Waals surface area contributed by atoms with Gasteiger partial charge in [-0.05, 0) is 77.1 Å². The van der Waals surface area contributed by atoms with Gasteiger partial charge in [0, 0.05) is 16.3 Å². The fourth-order valence-corrected chi connectivity index (χ4v) is 6.52. The van der Waals surface area contributed by atoms with Gasteiger partial charge in [0.2, 0.25) is 0 Å². The lowest BCUT2D eigenvalue weighted by atomic mass is 9.86. The number of hydrogen-bond acceptors (Lipinski definition) is 3. The van der Waals surface area contributed by atoms with Crippen LogP contribution in [0.25, 0.3) is 49.7 Å². The van der Waals surface area contributed by atoms with E-state index in [-0.39, 0.29) is 0 Å². The molecule has 0 unspecified atom stereocenters. The van der Waals surface area contributed by atoms with E-state index in [9.17, 15) is 15.8 Å². The van der Waals surface area contributed by atoms with Gasteiger partial charge in [0.05, 0.1) is 39.5 Å². The molecular weight excluding hydrogens is 548 g/mol. The summed E-state index contributed by atoms with van der Waals surface area (Å²) in [6, 6.07) is 49.2. The Labute approximate surface area is 261 Å². The van der Waals surface area contributed by atoms with Gasteiger partial charge in [-0.15, -0.1) is 0 Å². The van der Waals surface area contributed by atoms with Crippen LogP contribution in [0.15, 0.2) is 127 Å². The fourth-order valence-electron chi connectivity index (χ4n) is 6.52. The second-order valence-corrected chi connectivity index (χ2v) is 11.1. The van der Waals surface area contributed by atoms with Crippen LogP contribution >= 0.6 is 0 Å². The molecule has 0 fully saturated rings. The zero-order valence-corrected chi connectivity index (χ0v) is 24.6. The average Bonchev–Trinajstić information content (AvgIpc) is 3.42. The van der Waals surface area contributed by atoms with Crippen molar-refractivity contribution < 1.29 is 0 Å². The summed E-state index contributed by atoms with van der Waals surface area (Å²) in [5.74, 6) is 0. The molecule has 0 N–H and O–H groups in total. The fraction of sp³-hybridized carbons (Fsp3) is 0.0488. The predicted octanol–water partition coefficient (Wildman–Crippen LogP) is 9.63. The molecule has 0 aliphatic rings. The molecule has 0 spiro atoms. The first-order chi connectivity index (χ1) is 22.1. The molecule has 1 aromatic heterocycles. The minimum Gasteiger partial charge on any atom is -0.307 e. The van der Waals surface area contributed by atoms with Gasteiger partial charge in [-0.3, -0.25) is 0 Å². The second kappa shape index (κ2) is 11.3. The summed E-state index contributed by atoms with van der Waals surface area (Å²) in [4.78, 5) is 0.